The van der Waals surface area contributed by atoms with E-state index >= 15 is 4.39 Å². The number of nitrogens with zero attached hydrogens (tertiary/aromatic N) is 3. The van der Waals surface area contributed by atoms with Crippen molar-refractivity contribution in [3.05, 3.63) is 46.4 Å². The second-order valence-corrected chi connectivity index (χ2v) is 10.2. The van der Waals surface area contributed by atoms with Crippen molar-refractivity contribution in [2.45, 2.75) is 52.3 Å². The minimum atomic E-state index is -0.835. The van der Waals surface area contributed by atoms with Gasteiger partial charge in [-0.3, -0.25) is 9.59 Å². The van der Waals surface area contributed by atoms with Gasteiger partial charge in [0.25, 0.3) is 5.91 Å². The standard InChI is InChI=1S/C26H32ClFN4O5/c1-14-23(32(15(2)33)9-8-31(14)25(35)37-26(3,4)5)19-13-17(27)12-18(22(19)28)16-10-20(24(34)29-6)30-21(11-16)36-7/h10-14,23H,8-9H2,1-7H3,(H,29,34)/t14-,23+/m1/s1. The van der Waals surface area contributed by atoms with E-state index in [9.17, 15) is 14.4 Å². The monoisotopic (exact) mass is 534 g/mol. The Hall–Kier alpha value is -3.40. The third kappa shape index (κ3) is 6.12. The molecule has 1 aromatic heterocycles. The number of carbonyl (C=O) groups excluding carboxylic acids is 3. The highest BCUT2D eigenvalue weighted by molar-refractivity contribution is 6.31. The van der Waals surface area contributed by atoms with Crippen LogP contribution < -0.4 is 10.1 Å². The minimum absolute atomic E-state index is 0.0327. The number of piperazine rings is 1. The number of pyridine rings is 1. The lowest BCUT2D eigenvalue weighted by atomic mass is 9.91. The molecule has 2 aromatic rings. The van der Waals surface area contributed by atoms with Crippen LogP contribution in [0.15, 0.2) is 24.3 Å². The van der Waals surface area contributed by atoms with E-state index < -0.39 is 35.5 Å². The Labute approximate surface area is 220 Å². The Kier molecular flexibility index (Phi) is 8.32. The fraction of sp³-hybridized carbons (Fsp3) is 0.462. The van der Waals surface area contributed by atoms with Gasteiger partial charge in [-0.25, -0.2) is 14.2 Å². The van der Waals surface area contributed by atoms with Crippen LogP contribution in [0.2, 0.25) is 5.02 Å². The van der Waals surface area contributed by atoms with Crippen LogP contribution in [0.3, 0.4) is 0 Å². The summed E-state index contributed by atoms with van der Waals surface area (Å²) in [5.41, 5.74) is -0.144. The van der Waals surface area contributed by atoms with E-state index in [2.05, 4.69) is 10.3 Å². The molecular formula is C26H32ClFN4O5. The Balaban J connectivity index is 2.15. The maximum atomic E-state index is 16.3. The number of carbonyl (C=O) groups is 3. The normalized spacial score (nSPS) is 17.9. The van der Waals surface area contributed by atoms with Crippen molar-refractivity contribution < 1.29 is 28.2 Å². The van der Waals surface area contributed by atoms with Gasteiger partial charge in [0.1, 0.15) is 17.1 Å². The summed E-state index contributed by atoms with van der Waals surface area (Å²) < 4.78 is 27.1. The fourth-order valence-electron chi connectivity index (χ4n) is 4.39. The molecule has 3 rings (SSSR count). The zero-order valence-corrected chi connectivity index (χ0v) is 22.8. The number of benzene rings is 1. The summed E-state index contributed by atoms with van der Waals surface area (Å²) >= 11 is 6.45. The minimum Gasteiger partial charge on any atom is -0.481 e. The summed E-state index contributed by atoms with van der Waals surface area (Å²) in [5, 5.41) is 2.70. The summed E-state index contributed by atoms with van der Waals surface area (Å²) in [5.74, 6) is -1.27. The molecule has 2 heterocycles. The Morgan fingerprint density at radius 3 is 2.35 bits per heavy atom. The average molecular weight is 535 g/mol. The highest BCUT2D eigenvalue weighted by atomic mass is 35.5. The Morgan fingerprint density at radius 1 is 1.14 bits per heavy atom. The van der Waals surface area contributed by atoms with Crippen molar-refractivity contribution >= 4 is 29.5 Å². The first kappa shape index (κ1) is 28.2. The number of hydrogen-bond acceptors (Lipinski definition) is 6. The maximum absolute atomic E-state index is 16.3. The molecule has 0 spiro atoms. The quantitative estimate of drug-likeness (QED) is 0.622. The number of hydrogen-bond donors (Lipinski definition) is 1. The largest absolute Gasteiger partial charge is 0.481 e. The first-order valence-corrected chi connectivity index (χ1v) is 12.2. The van der Waals surface area contributed by atoms with Crippen molar-refractivity contribution in [3.8, 4) is 17.0 Å². The summed E-state index contributed by atoms with van der Waals surface area (Å²) in [6.07, 6.45) is -0.551. The zero-order valence-electron chi connectivity index (χ0n) is 22.0. The van der Waals surface area contributed by atoms with Crippen LogP contribution in [0.5, 0.6) is 5.88 Å². The van der Waals surface area contributed by atoms with Gasteiger partial charge in [0, 0.05) is 49.3 Å². The van der Waals surface area contributed by atoms with Gasteiger partial charge in [-0.15, -0.1) is 0 Å². The number of ether oxygens (including phenoxy) is 2. The van der Waals surface area contributed by atoms with E-state index in [-0.39, 0.29) is 46.7 Å². The lowest BCUT2D eigenvalue weighted by Crippen LogP contribution is -2.57. The van der Waals surface area contributed by atoms with Crippen LogP contribution in [-0.2, 0) is 9.53 Å². The van der Waals surface area contributed by atoms with Gasteiger partial charge in [0.2, 0.25) is 11.8 Å². The van der Waals surface area contributed by atoms with Crippen LogP contribution in [0, 0.1) is 5.82 Å². The molecule has 37 heavy (non-hydrogen) atoms. The topological polar surface area (TPSA) is 101 Å². The molecule has 3 amide bonds. The Bertz CT molecular complexity index is 1220. The second kappa shape index (κ2) is 10.9. The van der Waals surface area contributed by atoms with E-state index in [1.54, 1.807) is 27.7 Å². The molecule has 1 aliphatic rings. The molecule has 200 valence electrons. The molecule has 0 aliphatic carbocycles. The molecule has 1 fully saturated rings. The Morgan fingerprint density at radius 2 is 1.78 bits per heavy atom. The van der Waals surface area contributed by atoms with Crippen LogP contribution in [0.1, 0.15) is 56.7 Å². The summed E-state index contributed by atoms with van der Waals surface area (Å²) in [7, 11) is 2.84. The second-order valence-electron chi connectivity index (χ2n) is 9.79. The van der Waals surface area contributed by atoms with Crippen molar-refractivity contribution in [2.24, 2.45) is 0 Å². The average Bonchev–Trinajstić information content (AvgIpc) is 2.82. The van der Waals surface area contributed by atoms with E-state index in [1.165, 1.54) is 55.1 Å². The highest BCUT2D eigenvalue weighted by Crippen LogP contribution is 2.39. The zero-order chi connectivity index (χ0) is 27.7. The van der Waals surface area contributed by atoms with Gasteiger partial charge in [-0.05, 0) is 51.5 Å². The molecule has 1 aliphatic heterocycles. The number of aromatic nitrogens is 1. The molecule has 0 unspecified atom stereocenters. The summed E-state index contributed by atoms with van der Waals surface area (Å²) in [6.45, 7) is 8.85. The number of nitrogens with one attached hydrogen (secondary N) is 1. The number of amides is 3. The summed E-state index contributed by atoms with van der Waals surface area (Å²) in [6, 6.07) is 4.35. The predicted octanol–water partition coefficient (Wildman–Crippen LogP) is 4.44. The van der Waals surface area contributed by atoms with Gasteiger partial charge in [0.05, 0.1) is 19.2 Å². The van der Waals surface area contributed by atoms with Gasteiger partial charge >= 0.3 is 6.09 Å². The number of methoxy groups -OCH3 is 1. The third-order valence-electron chi connectivity index (χ3n) is 6.06. The van der Waals surface area contributed by atoms with E-state index in [1.807, 2.05) is 0 Å². The molecular weight excluding hydrogens is 503 g/mol. The molecule has 0 saturated carbocycles. The van der Waals surface area contributed by atoms with Gasteiger partial charge in [0.15, 0.2) is 0 Å². The summed E-state index contributed by atoms with van der Waals surface area (Å²) in [4.78, 5) is 44.9. The lowest BCUT2D eigenvalue weighted by Gasteiger charge is -2.46. The van der Waals surface area contributed by atoms with Crippen LogP contribution in [-0.4, -0.2) is 71.6 Å². The fourth-order valence-corrected chi connectivity index (χ4v) is 4.62. The predicted molar refractivity (Wildman–Crippen MR) is 137 cm³/mol. The third-order valence-corrected chi connectivity index (χ3v) is 6.28. The molecule has 2 atom stereocenters. The lowest BCUT2D eigenvalue weighted by molar-refractivity contribution is -0.136. The molecule has 0 radical (unpaired) electrons. The molecule has 1 aromatic carbocycles. The molecule has 1 N–H and O–H groups in total. The highest BCUT2D eigenvalue weighted by Gasteiger charge is 2.41. The maximum Gasteiger partial charge on any atom is 0.410 e. The molecule has 1 saturated heterocycles. The van der Waals surface area contributed by atoms with Gasteiger partial charge < -0.3 is 24.6 Å². The van der Waals surface area contributed by atoms with Crippen molar-refractivity contribution in [3.63, 3.8) is 0 Å². The molecule has 9 nitrogen and oxygen atoms in total. The molecule has 0 bridgehead atoms. The smallest absolute Gasteiger partial charge is 0.410 e. The number of halogens is 2. The van der Waals surface area contributed by atoms with Crippen LogP contribution in [0.25, 0.3) is 11.1 Å². The van der Waals surface area contributed by atoms with Gasteiger partial charge in [-0.2, -0.15) is 0 Å². The first-order valence-electron chi connectivity index (χ1n) is 11.8. The van der Waals surface area contributed by atoms with E-state index in [4.69, 9.17) is 21.1 Å². The molecule has 11 heteroatoms. The van der Waals surface area contributed by atoms with Crippen molar-refractivity contribution in [1.29, 1.82) is 0 Å². The first-order chi connectivity index (χ1) is 17.3. The van der Waals surface area contributed by atoms with E-state index in [0.717, 1.165) is 0 Å². The number of rotatable bonds is 4. The van der Waals surface area contributed by atoms with Gasteiger partial charge in [-0.1, -0.05) is 11.6 Å². The van der Waals surface area contributed by atoms with E-state index in [0.29, 0.717) is 5.56 Å². The van der Waals surface area contributed by atoms with Crippen LogP contribution >= 0.6 is 11.6 Å². The van der Waals surface area contributed by atoms with Crippen molar-refractivity contribution in [1.82, 2.24) is 20.1 Å². The van der Waals surface area contributed by atoms with Crippen molar-refractivity contribution in [2.75, 3.05) is 27.2 Å². The SMILES string of the molecule is CNC(=O)c1cc(-c2cc(Cl)cc([C@@H]3[C@@H](C)N(C(=O)OC(C)(C)C)CCN3C(C)=O)c2F)cc(OC)n1. The van der Waals surface area contributed by atoms with Crippen LogP contribution in [0.4, 0.5) is 9.18 Å².